The van der Waals surface area contributed by atoms with E-state index in [0.29, 0.717) is 6.61 Å². The Kier molecular flexibility index (Phi) is 5.26. The van der Waals surface area contributed by atoms with E-state index in [0.717, 1.165) is 19.3 Å². The van der Waals surface area contributed by atoms with Crippen LogP contribution in [0.5, 0.6) is 0 Å². The Balaban J connectivity index is 2.46. The van der Waals surface area contributed by atoms with Crippen molar-refractivity contribution in [3.63, 3.8) is 0 Å². The molecule has 1 aromatic carbocycles. The number of primary amides is 1. The van der Waals surface area contributed by atoms with Crippen molar-refractivity contribution < 1.29 is 23.9 Å². The summed E-state index contributed by atoms with van der Waals surface area (Å²) < 4.78 is 10.8. The molecule has 6 heteroatoms. The van der Waals surface area contributed by atoms with E-state index in [1.165, 1.54) is 18.2 Å². The number of amides is 1. The highest BCUT2D eigenvalue weighted by Crippen LogP contribution is 2.28. The molecule has 6 nitrogen and oxygen atoms in total. The highest BCUT2D eigenvalue weighted by Gasteiger charge is 2.32. The molecular weight excluding hydrogens is 310 g/mol. The fourth-order valence-electron chi connectivity index (χ4n) is 2.60. The molecule has 2 aliphatic rings. The lowest BCUT2D eigenvalue weighted by Gasteiger charge is -2.32. The number of esters is 2. The molecule has 0 saturated heterocycles. The van der Waals surface area contributed by atoms with Crippen molar-refractivity contribution in [1.82, 2.24) is 0 Å². The molecule has 0 aliphatic carbocycles. The first-order chi connectivity index (χ1) is 11.2. The first-order valence-corrected chi connectivity index (χ1v) is 8.06. The van der Waals surface area contributed by atoms with Crippen molar-refractivity contribution in [2.45, 2.75) is 45.6 Å². The third kappa shape index (κ3) is 3.93. The Morgan fingerprint density at radius 2 is 1.92 bits per heavy atom. The first-order valence-electron chi connectivity index (χ1n) is 8.06. The van der Waals surface area contributed by atoms with Gasteiger partial charge in [0.05, 0.1) is 23.3 Å². The van der Waals surface area contributed by atoms with Gasteiger partial charge < -0.3 is 15.2 Å². The van der Waals surface area contributed by atoms with Gasteiger partial charge in [0.2, 0.25) is 5.91 Å². The summed E-state index contributed by atoms with van der Waals surface area (Å²) in [6.07, 6.45) is 2.42. The Hall–Kier alpha value is -2.37. The molecule has 2 aliphatic heterocycles. The normalized spacial score (nSPS) is 21.5. The van der Waals surface area contributed by atoms with E-state index in [-0.39, 0.29) is 22.6 Å². The minimum absolute atomic E-state index is 0.0463. The lowest BCUT2D eigenvalue weighted by Crippen LogP contribution is -2.36. The molecule has 2 N–H and O–H groups in total. The summed E-state index contributed by atoms with van der Waals surface area (Å²) in [7, 11) is 0. The first kappa shape index (κ1) is 18.0. The molecule has 2 bridgehead atoms. The van der Waals surface area contributed by atoms with E-state index in [2.05, 4.69) is 0 Å². The number of rotatable bonds is 1. The van der Waals surface area contributed by atoms with Gasteiger partial charge >= 0.3 is 11.9 Å². The van der Waals surface area contributed by atoms with Gasteiger partial charge in [-0.2, -0.15) is 0 Å². The van der Waals surface area contributed by atoms with E-state index in [4.69, 9.17) is 15.2 Å². The van der Waals surface area contributed by atoms with Crippen LogP contribution in [0, 0.1) is 5.92 Å². The summed E-state index contributed by atoms with van der Waals surface area (Å²) >= 11 is 0. The third-order valence-corrected chi connectivity index (χ3v) is 4.55. The van der Waals surface area contributed by atoms with E-state index >= 15 is 0 Å². The molecule has 0 saturated carbocycles. The predicted molar refractivity (Wildman–Crippen MR) is 87.8 cm³/mol. The molecule has 1 unspecified atom stereocenters. The van der Waals surface area contributed by atoms with Crippen LogP contribution in [-0.2, 0) is 9.47 Å². The summed E-state index contributed by atoms with van der Waals surface area (Å²) in [6, 6.07) is 4.10. The van der Waals surface area contributed by atoms with Crippen molar-refractivity contribution >= 4 is 17.8 Å². The molecule has 1 atom stereocenters. The fraction of sp³-hybridized carbons (Fsp3) is 0.500. The molecule has 0 radical (unpaired) electrons. The van der Waals surface area contributed by atoms with Gasteiger partial charge in [0, 0.05) is 0 Å². The summed E-state index contributed by atoms with van der Waals surface area (Å²) in [4.78, 5) is 36.2. The average molecular weight is 333 g/mol. The lowest BCUT2D eigenvalue weighted by molar-refractivity contribution is -0.0287. The van der Waals surface area contributed by atoms with E-state index in [9.17, 15) is 14.4 Å². The van der Waals surface area contributed by atoms with E-state index < -0.39 is 23.4 Å². The van der Waals surface area contributed by atoms with Crippen molar-refractivity contribution in [3.8, 4) is 0 Å². The van der Waals surface area contributed by atoms with Gasteiger partial charge in [0.25, 0.3) is 0 Å². The van der Waals surface area contributed by atoms with Gasteiger partial charge in [-0.3, -0.25) is 4.79 Å². The van der Waals surface area contributed by atoms with Crippen molar-refractivity contribution in [3.05, 3.63) is 34.9 Å². The second-order valence-corrected chi connectivity index (χ2v) is 6.65. The number of nitrogens with two attached hydrogens (primary N) is 1. The predicted octanol–water partition coefficient (Wildman–Crippen LogP) is 2.70. The Bertz CT molecular complexity index is 665. The maximum absolute atomic E-state index is 12.5. The van der Waals surface area contributed by atoms with Gasteiger partial charge in [-0.15, -0.1) is 0 Å². The maximum Gasteiger partial charge on any atom is 0.339 e. The minimum Gasteiger partial charge on any atom is -0.462 e. The zero-order valence-corrected chi connectivity index (χ0v) is 14.3. The Morgan fingerprint density at radius 3 is 2.58 bits per heavy atom. The summed E-state index contributed by atoms with van der Waals surface area (Å²) in [5, 5.41) is 0. The summed E-state index contributed by atoms with van der Waals surface area (Å²) in [6.45, 7) is 6.00. The van der Waals surface area contributed by atoms with Gasteiger partial charge in [0.15, 0.2) is 0 Å². The molecule has 2 heterocycles. The number of hydrogen-bond donors (Lipinski definition) is 1. The minimum atomic E-state index is -0.797. The number of carbonyl (C=O) groups is 3. The van der Waals surface area contributed by atoms with Crippen LogP contribution in [0.25, 0.3) is 0 Å². The van der Waals surface area contributed by atoms with Crippen molar-refractivity contribution in [2.75, 3.05) is 6.61 Å². The van der Waals surface area contributed by atoms with Gasteiger partial charge in [-0.05, 0) is 57.2 Å². The highest BCUT2D eigenvalue weighted by molar-refractivity contribution is 6.06. The van der Waals surface area contributed by atoms with Crippen LogP contribution < -0.4 is 5.73 Å². The Morgan fingerprint density at radius 1 is 1.21 bits per heavy atom. The van der Waals surface area contributed by atoms with E-state index in [1.54, 1.807) is 0 Å². The molecule has 3 rings (SSSR count). The number of carbonyl (C=O) groups excluding carboxylic acids is 3. The van der Waals surface area contributed by atoms with Crippen LogP contribution in [0.2, 0.25) is 0 Å². The van der Waals surface area contributed by atoms with Gasteiger partial charge in [-0.25, -0.2) is 9.59 Å². The second-order valence-electron chi connectivity index (χ2n) is 6.65. The molecule has 24 heavy (non-hydrogen) atoms. The van der Waals surface area contributed by atoms with Crippen LogP contribution in [0.4, 0.5) is 0 Å². The number of ether oxygens (including phenoxy) is 2. The standard InChI is InChI=1S/C18H23NO5/c1-11-6-4-5-9-23-16(21)12-7-8-13(14(10-12)15(19)20)17(22)24-18(11,2)3/h7-8,10-11H,4-6,9H2,1-3H3,(H2,19,20). The molecule has 1 amide bonds. The van der Waals surface area contributed by atoms with Crippen LogP contribution >= 0.6 is 0 Å². The lowest BCUT2D eigenvalue weighted by atomic mass is 9.88. The molecule has 130 valence electrons. The number of fused-ring (bicyclic) bond motifs is 11. The molecule has 0 fully saturated rings. The molecule has 0 spiro atoms. The van der Waals surface area contributed by atoms with Crippen molar-refractivity contribution in [2.24, 2.45) is 11.7 Å². The monoisotopic (exact) mass is 333 g/mol. The molecule has 0 aromatic heterocycles. The fourth-order valence-corrected chi connectivity index (χ4v) is 2.60. The quantitative estimate of drug-likeness (QED) is 0.797. The molecular formula is C18H23NO5. The zero-order valence-electron chi connectivity index (χ0n) is 14.3. The largest absolute Gasteiger partial charge is 0.462 e. The number of hydrogen-bond acceptors (Lipinski definition) is 5. The smallest absolute Gasteiger partial charge is 0.339 e. The third-order valence-electron chi connectivity index (χ3n) is 4.55. The second kappa shape index (κ2) is 7.03. The zero-order chi connectivity index (χ0) is 17.9. The van der Waals surface area contributed by atoms with E-state index in [1.807, 2.05) is 20.8 Å². The van der Waals surface area contributed by atoms with Crippen LogP contribution in [0.3, 0.4) is 0 Å². The van der Waals surface area contributed by atoms with Gasteiger partial charge in [-0.1, -0.05) is 6.92 Å². The van der Waals surface area contributed by atoms with Crippen LogP contribution in [0.15, 0.2) is 18.2 Å². The number of benzene rings is 1. The highest BCUT2D eigenvalue weighted by atomic mass is 16.6. The van der Waals surface area contributed by atoms with Crippen LogP contribution in [0.1, 0.15) is 71.1 Å². The van der Waals surface area contributed by atoms with Crippen molar-refractivity contribution in [1.29, 1.82) is 0 Å². The SMILES string of the molecule is CC1CCCCOC(=O)c2ccc(c(C(N)=O)c2)C(=O)OC1(C)C. The summed E-state index contributed by atoms with van der Waals surface area (Å²) in [5.74, 6) is -1.86. The van der Waals surface area contributed by atoms with Crippen LogP contribution in [-0.4, -0.2) is 30.1 Å². The summed E-state index contributed by atoms with van der Waals surface area (Å²) in [5.41, 5.74) is 4.86. The Labute approximate surface area is 141 Å². The van der Waals surface area contributed by atoms with Gasteiger partial charge in [0.1, 0.15) is 5.60 Å². The topological polar surface area (TPSA) is 95.7 Å². The average Bonchev–Trinajstić information content (AvgIpc) is 2.52. The molecule has 1 aromatic rings. The maximum atomic E-state index is 12.5.